The summed E-state index contributed by atoms with van der Waals surface area (Å²) >= 11 is 6.02. The minimum Gasteiger partial charge on any atom is -0.390 e. The van der Waals surface area contributed by atoms with Crippen LogP contribution in [0.3, 0.4) is 0 Å². The number of rotatable bonds is 10. The van der Waals surface area contributed by atoms with Crippen LogP contribution in [0.25, 0.3) is 0 Å². The van der Waals surface area contributed by atoms with Crippen molar-refractivity contribution in [3.05, 3.63) is 40.6 Å². The van der Waals surface area contributed by atoms with Crippen LogP contribution in [0.15, 0.2) is 30.0 Å². The first-order chi connectivity index (χ1) is 11.6. The van der Waals surface area contributed by atoms with E-state index in [1.807, 2.05) is 19.1 Å². The third kappa shape index (κ3) is 7.49. The second kappa shape index (κ2) is 11.5. The molecule has 2 N–H and O–H groups in total. The lowest BCUT2D eigenvalue weighted by Gasteiger charge is -2.07. The summed E-state index contributed by atoms with van der Waals surface area (Å²) in [5.74, 6) is -0.468. The van der Waals surface area contributed by atoms with E-state index in [0.29, 0.717) is 23.9 Å². The van der Waals surface area contributed by atoms with Crippen molar-refractivity contribution in [2.75, 3.05) is 25.1 Å². The summed E-state index contributed by atoms with van der Waals surface area (Å²) in [5.41, 5.74) is 1.49. The first kappa shape index (κ1) is 20.0. The fourth-order valence-corrected chi connectivity index (χ4v) is 2.00. The van der Waals surface area contributed by atoms with Gasteiger partial charge in [-0.25, -0.2) is 0 Å². The molecule has 0 aliphatic heterocycles. The zero-order valence-electron chi connectivity index (χ0n) is 14.2. The van der Waals surface area contributed by atoms with Gasteiger partial charge in [0.05, 0.1) is 0 Å². The molecule has 130 valence electrons. The quantitative estimate of drug-likeness (QED) is 0.383. The molecule has 5 nitrogen and oxygen atoms in total. The van der Waals surface area contributed by atoms with Crippen molar-refractivity contribution in [3.8, 4) is 6.07 Å². The van der Waals surface area contributed by atoms with E-state index in [0.717, 1.165) is 31.4 Å². The number of anilines is 1. The predicted molar refractivity (Wildman–Crippen MR) is 96.9 cm³/mol. The lowest BCUT2D eigenvalue weighted by molar-refractivity contribution is -0.112. The number of carbonyl (C=O) groups is 1. The number of amides is 1. The minimum atomic E-state index is -0.468. The average molecular weight is 350 g/mol. The summed E-state index contributed by atoms with van der Waals surface area (Å²) in [4.78, 5) is 12.1. The normalized spacial score (nSPS) is 11.0. The molecule has 0 aliphatic carbocycles. The van der Waals surface area contributed by atoms with Crippen molar-refractivity contribution in [1.29, 1.82) is 5.26 Å². The fourth-order valence-electron chi connectivity index (χ4n) is 1.82. The summed E-state index contributed by atoms with van der Waals surface area (Å²) in [6.07, 6.45) is 4.42. The number of hydrogen-bond acceptors (Lipinski definition) is 4. The van der Waals surface area contributed by atoms with Crippen LogP contribution in [0, 0.1) is 18.3 Å². The van der Waals surface area contributed by atoms with Crippen LogP contribution in [0.4, 0.5) is 5.69 Å². The zero-order valence-corrected chi connectivity index (χ0v) is 14.9. The van der Waals surface area contributed by atoms with Crippen LogP contribution in [0.2, 0.25) is 5.02 Å². The largest absolute Gasteiger partial charge is 0.390 e. The van der Waals surface area contributed by atoms with Gasteiger partial charge in [-0.15, -0.1) is 0 Å². The lowest BCUT2D eigenvalue weighted by Crippen LogP contribution is -2.18. The van der Waals surface area contributed by atoms with E-state index >= 15 is 0 Å². The van der Waals surface area contributed by atoms with Crippen molar-refractivity contribution in [2.45, 2.75) is 33.1 Å². The summed E-state index contributed by atoms with van der Waals surface area (Å²) < 4.78 is 5.44. The molecule has 1 rings (SSSR count). The highest BCUT2D eigenvalue weighted by atomic mass is 35.5. The van der Waals surface area contributed by atoms with Gasteiger partial charge in [-0.1, -0.05) is 31.0 Å². The van der Waals surface area contributed by atoms with Crippen LogP contribution in [0.5, 0.6) is 0 Å². The fraction of sp³-hybridized carbons (Fsp3) is 0.444. The van der Waals surface area contributed by atoms with Gasteiger partial charge in [-0.2, -0.15) is 5.26 Å². The molecular weight excluding hydrogens is 326 g/mol. The number of benzene rings is 1. The van der Waals surface area contributed by atoms with E-state index in [2.05, 4.69) is 17.6 Å². The second-order valence-electron chi connectivity index (χ2n) is 5.36. The van der Waals surface area contributed by atoms with Crippen molar-refractivity contribution >= 4 is 23.2 Å². The van der Waals surface area contributed by atoms with Crippen LogP contribution < -0.4 is 10.6 Å². The maximum atomic E-state index is 12.1. The van der Waals surface area contributed by atoms with Crippen molar-refractivity contribution < 1.29 is 9.53 Å². The van der Waals surface area contributed by atoms with Gasteiger partial charge in [0.1, 0.15) is 11.6 Å². The number of unbranched alkanes of at least 4 members (excludes halogenated alkanes) is 1. The Morgan fingerprint density at radius 3 is 2.79 bits per heavy atom. The van der Waals surface area contributed by atoms with E-state index in [1.54, 1.807) is 12.1 Å². The van der Waals surface area contributed by atoms with Crippen molar-refractivity contribution in [2.24, 2.45) is 0 Å². The number of hydrogen-bond donors (Lipinski definition) is 2. The van der Waals surface area contributed by atoms with Gasteiger partial charge in [0.15, 0.2) is 0 Å². The molecule has 24 heavy (non-hydrogen) atoms. The maximum absolute atomic E-state index is 12.1. The lowest BCUT2D eigenvalue weighted by atomic mass is 10.2. The SMILES string of the molecule is CCCCOCCCN/C=C(/C#N)C(=O)Nc1ccc(C)c(Cl)c1. The van der Waals surface area contributed by atoms with Gasteiger partial charge in [0.2, 0.25) is 0 Å². The number of nitriles is 1. The number of ether oxygens (including phenoxy) is 1. The van der Waals surface area contributed by atoms with Gasteiger partial charge in [0, 0.05) is 36.7 Å². The Morgan fingerprint density at radius 1 is 1.38 bits per heavy atom. The van der Waals surface area contributed by atoms with Gasteiger partial charge in [0.25, 0.3) is 5.91 Å². The van der Waals surface area contributed by atoms with Crippen molar-refractivity contribution in [3.63, 3.8) is 0 Å². The molecule has 0 heterocycles. The Morgan fingerprint density at radius 2 is 2.12 bits per heavy atom. The molecule has 0 unspecified atom stereocenters. The predicted octanol–water partition coefficient (Wildman–Crippen LogP) is 3.79. The van der Waals surface area contributed by atoms with E-state index in [1.165, 1.54) is 6.20 Å². The number of halogens is 1. The molecule has 1 aromatic carbocycles. The molecule has 0 aromatic heterocycles. The third-order valence-corrected chi connectivity index (χ3v) is 3.70. The summed E-state index contributed by atoms with van der Waals surface area (Å²) in [5, 5.41) is 15.3. The van der Waals surface area contributed by atoms with Crippen molar-refractivity contribution in [1.82, 2.24) is 5.32 Å². The molecule has 0 atom stereocenters. The number of nitrogens with one attached hydrogen (secondary N) is 2. The molecule has 1 amide bonds. The first-order valence-corrected chi connectivity index (χ1v) is 8.45. The van der Waals surface area contributed by atoms with Gasteiger partial charge in [-0.05, 0) is 37.5 Å². The third-order valence-electron chi connectivity index (χ3n) is 3.29. The Hall–Kier alpha value is -2.03. The second-order valence-corrected chi connectivity index (χ2v) is 5.77. The van der Waals surface area contributed by atoms with Crippen LogP contribution in [0.1, 0.15) is 31.7 Å². The summed E-state index contributed by atoms with van der Waals surface area (Å²) in [6, 6.07) is 7.10. The Bertz CT molecular complexity index is 609. The number of aryl methyl sites for hydroxylation is 1. The average Bonchev–Trinajstić information content (AvgIpc) is 2.57. The highest BCUT2D eigenvalue weighted by Gasteiger charge is 2.09. The molecule has 0 saturated carbocycles. The van der Waals surface area contributed by atoms with Gasteiger partial charge in [-0.3, -0.25) is 4.79 Å². The van der Waals surface area contributed by atoms with E-state index in [-0.39, 0.29) is 5.57 Å². The first-order valence-electron chi connectivity index (χ1n) is 8.07. The summed E-state index contributed by atoms with van der Waals surface area (Å²) in [6.45, 7) is 6.08. The van der Waals surface area contributed by atoms with E-state index < -0.39 is 5.91 Å². The van der Waals surface area contributed by atoms with Gasteiger partial charge < -0.3 is 15.4 Å². The monoisotopic (exact) mass is 349 g/mol. The molecular formula is C18H24ClN3O2. The molecule has 1 aromatic rings. The minimum absolute atomic E-state index is 0.0126. The molecule has 0 aliphatic rings. The number of nitrogens with zero attached hydrogens (tertiary/aromatic N) is 1. The molecule has 0 spiro atoms. The molecule has 6 heteroatoms. The van der Waals surface area contributed by atoms with E-state index in [9.17, 15) is 4.79 Å². The van der Waals surface area contributed by atoms with Crippen LogP contribution >= 0.6 is 11.6 Å². The zero-order chi connectivity index (χ0) is 17.8. The maximum Gasteiger partial charge on any atom is 0.267 e. The Labute approximate surface area is 148 Å². The number of carbonyl (C=O) groups excluding carboxylic acids is 1. The Kier molecular flexibility index (Phi) is 9.59. The van der Waals surface area contributed by atoms with E-state index in [4.69, 9.17) is 21.6 Å². The topological polar surface area (TPSA) is 74.1 Å². The molecule has 0 fully saturated rings. The molecule has 0 saturated heterocycles. The standard InChI is InChI=1S/C18H24ClN3O2/c1-3-4-9-24-10-5-8-21-13-15(12-20)18(23)22-16-7-6-14(2)17(19)11-16/h6-7,11,13,21H,3-5,8-10H2,1-2H3,(H,22,23)/b15-13-. The molecule has 0 bridgehead atoms. The summed E-state index contributed by atoms with van der Waals surface area (Å²) in [7, 11) is 0. The van der Waals surface area contributed by atoms with Crippen LogP contribution in [-0.4, -0.2) is 25.7 Å². The Balaban J connectivity index is 2.40. The highest BCUT2D eigenvalue weighted by molar-refractivity contribution is 6.31. The van der Waals surface area contributed by atoms with Gasteiger partial charge >= 0.3 is 0 Å². The highest BCUT2D eigenvalue weighted by Crippen LogP contribution is 2.20. The smallest absolute Gasteiger partial charge is 0.267 e. The van der Waals surface area contributed by atoms with Crippen LogP contribution in [-0.2, 0) is 9.53 Å². The molecule has 0 radical (unpaired) electrons.